The van der Waals surface area contributed by atoms with E-state index in [1.54, 1.807) is 6.08 Å². The fraction of sp³-hybridized carbons (Fsp3) is 0.400. The van der Waals surface area contributed by atoms with Gasteiger partial charge in [-0.1, -0.05) is 30.3 Å². The molecule has 2 atom stereocenters. The van der Waals surface area contributed by atoms with Crippen LogP contribution in [0.2, 0.25) is 0 Å². The van der Waals surface area contributed by atoms with Gasteiger partial charge in [0.05, 0.1) is 7.11 Å². The van der Waals surface area contributed by atoms with Crippen molar-refractivity contribution in [2.24, 2.45) is 0 Å². The van der Waals surface area contributed by atoms with E-state index in [-0.39, 0.29) is 12.0 Å². The van der Waals surface area contributed by atoms with E-state index in [0.29, 0.717) is 0 Å². The molecular weight excluding hydrogens is 226 g/mol. The van der Waals surface area contributed by atoms with Crippen molar-refractivity contribution in [2.45, 2.75) is 31.3 Å². The Morgan fingerprint density at radius 2 is 2.33 bits per heavy atom. The Morgan fingerprint density at radius 1 is 1.56 bits per heavy atom. The topological polar surface area (TPSA) is 38.3 Å². The van der Waals surface area contributed by atoms with Gasteiger partial charge in [0.15, 0.2) is 0 Å². The lowest BCUT2D eigenvalue weighted by molar-refractivity contribution is -0.142. The van der Waals surface area contributed by atoms with Crippen LogP contribution in [0.3, 0.4) is 0 Å². The number of benzene rings is 1. The normalized spacial score (nSPS) is 19.7. The molecule has 2 unspecified atom stereocenters. The van der Waals surface area contributed by atoms with Crippen LogP contribution in [0, 0.1) is 0 Å². The summed E-state index contributed by atoms with van der Waals surface area (Å²) in [4.78, 5) is 11.6. The number of nitrogens with one attached hydrogen (secondary N) is 1. The van der Waals surface area contributed by atoms with Crippen LogP contribution in [0.4, 0.5) is 0 Å². The second-order valence-electron chi connectivity index (χ2n) is 4.55. The van der Waals surface area contributed by atoms with Gasteiger partial charge in [-0.05, 0) is 30.4 Å². The summed E-state index contributed by atoms with van der Waals surface area (Å²) >= 11 is 0. The highest BCUT2D eigenvalue weighted by Gasteiger charge is 2.24. The zero-order chi connectivity index (χ0) is 13.0. The monoisotopic (exact) mass is 245 g/mol. The first-order valence-corrected chi connectivity index (χ1v) is 6.30. The third-order valence-electron chi connectivity index (χ3n) is 3.44. The van der Waals surface area contributed by atoms with E-state index in [9.17, 15) is 4.79 Å². The van der Waals surface area contributed by atoms with Gasteiger partial charge in [0, 0.05) is 6.04 Å². The number of hydrogen-bond acceptors (Lipinski definition) is 3. The number of aryl methyl sites for hydroxylation is 1. The molecule has 1 aliphatic carbocycles. The number of ether oxygens (including phenoxy) is 1. The van der Waals surface area contributed by atoms with Crippen molar-refractivity contribution in [3.63, 3.8) is 0 Å². The Morgan fingerprint density at radius 3 is 3.06 bits per heavy atom. The molecule has 0 heterocycles. The van der Waals surface area contributed by atoms with Crippen LogP contribution in [0.25, 0.3) is 0 Å². The zero-order valence-corrected chi connectivity index (χ0v) is 10.7. The van der Waals surface area contributed by atoms with Gasteiger partial charge in [-0.25, -0.2) is 0 Å². The van der Waals surface area contributed by atoms with Gasteiger partial charge in [-0.15, -0.1) is 6.58 Å². The second-order valence-corrected chi connectivity index (χ2v) is 4.55. The number of esters is 1. The van der Waals surface area contributed by atoms with Crippen LogP contribution in [0.1, 0.15) is 30.0 Å². The third kappa shape index (κ3) is 2.62. The molecule has 0 spiro atoms. The smallest absolute Gasteiger partial charge is 0.326 e. The van der Waals surface area contributed by atoms with Crippen molar-refractivity contribution in [3.05, 3.63) is 48.0 Å². The Labute approximate surface area is 108 Å². The van der Waals surface area contributed by atoms with E-state index >= 15 is 0 Å². The Balaban J connectivity index is 2.15. The fourth-order valence-electron chi connectivity index (χ4n) is 2.50. The van der Waals surface area contributed by atoms with Crippen molar-refractivity contribution in [1.82, 2.24) is 5.32 Å². The molecule has 1 aromatic rings. The minimum Gasteiger partial charge on any atom is -0.468 e. The van der Waals surface area contributed by atoms with Crippen molar-refractivity contribution in [1.29, 1.82) is 0 Å². The van der Waals surface area contributed by atoms with E-state index in [2.05, 4.69) is 30.1 Å². The van der Waals surface area contributed by atoms with E-state index in [4.69, 9.17) is 4.74 Å². The molecular formula is C15H19NO2. The molecule has 1 aliphatic rings. The number of methoxy groups -OCH3 is 1. The Kier molecular flexibility index (Phi) is 4.15. The third-order valence-corrected chi connectivity index (χ3v) is 3.44. The first-order chi connectivity index (χ1) is 8.76. The van der Waals surface area contributed by atoms with E-state index in [1.165, 1.54) is 18.2 Å². The van der Waals surface area contributed by atoms with Gasteiger partial charge in [-0.2, -0.15) is 0 Å². The maximum Gasteiger partial charge on any atom is 0.326 e. The molecule has 0 bridgehead atoms. The van der Waals surface area contributed by atoms with Gasteiger partial charge < -0.3 is 4.74 Å². The maximum absolute atomic E-state index is 11.6. The van der Waals surface area contributed by atoms with Crippen LogP contribution >= 0.6 is 0 Å². The average molecular weight is 245 g/mol. The summed E-state index contributed by atoms with van der Waals surface area (Å²) in [6.07, 6.45) is 4.90. The van der Waals surface area contributed by atoms with Crippen LogP contribution in [0.15, 0.2) is 36.9 Å². The first-order valence-electron chi connectivity index (χ1n) is 6.30. The highest BCUT2D eigenvalue weighted by molar-refractivity contribution is 5.77. The minimum absolute atomic E-state index is 0.206. The van der Waals surface area contributed by atoms with E-state index in [1.807, 2.05) is 6.07 Å². The summed E-state index contributed by atoms with van der Waals surface area (Å²) < 4.78 is 4.76. The molecule has 1 aromatic carbocycles. The van der Waals surface area contributed by atoms with Crippen LogP contribution in [-0.2, 0) is 16.0 Å². The maximum atomic E-state index is 11.6. The molecule has 0 saturated heterocycles. The predicted molar refractivity (Wildman–Crippen MR) is 71.3 cm³/mol. The molecule has 0 aliphatic heterocycles. The van der Waals surface area contributed by atoms with Crippen LogP contribution < -0.4 is 5.32 Å². The van der Waals surface area contributed by atoms with Crippen molar-refractivity contribution in [3.8, 4) is 0 Å². The van der Waals surface area contributed by atoms with Crippen LogP contribution in [0.5, 0.6) is 0 Å². The second kappa shape index (κ2) is 5.83. The number of carbonyl (C=O) groups is 1. The summed E-state index contributed by atoms with van der Waals surface area (Å²) in [5.74, 6) is -0.284. The summed E-state index contributed by atoms with van der Waals surface area (Å²) in [6.45, 7) is 3.69. The fourth-order valence-corrected chi connectivity index (χ4v) is 2.50. The van der Waals surface area contributed by atoms with Gasteiger partial charge in [0.1, 0.15) is 6.04 Å². The number of carbonyl (C=O) groups excluding carboxylic acids is 1. The molecule has 0 fully saturated rings. The molecule has 18 heavy (non-hydrogen) atoms. The zero-order valence-electron chi connectivity index (χ0n) is 10.7. The average Bonchev–Trinajstić information content (AvgIpc) is 2.44. The molecule has 0 amide bonds. The molecule has 3 nitrogen and oxygen atoms in total. The van der Waals surface area contributed by atoms with Gasteiger partial charge in [0.25, 0.3) is 0 Å². The van der Waals surface area contributed by atoms with Crippen molar-refractivity contribution >= 4 is 5.97 Å². The Bertz CT molecular complexity index is 442. The first kappa shape index (κ1) is 12.8. The van der Waals surface area contributed by atoms with Gasteiger partial charge >= 0.3 is 5.97 Å². The van der Waals surface area contributed by atoms with Crippen molar-refractivity contribution in [2.75, 3.05) is 7.11 Å². The molecule has 1 N–H and O–H groups in total. The number of hydrogen-bond donors (Lipinski definition) is 1. The van der Waals surface area contributed by atoms with Crippen molar-refractivity contribution < 1.29 is 9.53 Å². The molecule has 2 rings (SSSR count). The standard InChI is InChI=1S/C15H19NO2/c1-3-13(15(17)18-2)16-14-10-6-8-11-7-4-5-9-12(11)14/h3-5,7,9,13-14,16H,1,6,8,10H2,2H3. The number of fused-ring (bicyclic) bond motifs is 1. The predicted octanol–water partition coefficient (Wildman–Crippen LogP) is 2.38. The van der Waals surface area contributed by atoms with E-state index in [0.717, 1.165) is 19.3 Å². The molecule has 96 valence electrons. The quantitative estimate of drug-likeness (QED) is 0.654. The summed E-state index contributed by atoms with van der Waals surface area (Å²) in [7, 11) is 1.40. The Hall–Kier alpha value is -1.61. The molecule has 0 aromatic heterocycles. The lowest BCUT2D eigenvalue weighted by atomic mass is 9.87. The lowest BCUT2D eigenvalue weighted by Gasteiger charge is -2.28. The van der Waals surface area contributed by atoms with Gasteiger partial charge in [-0.3, -0.25) is 10.1 Å². The number of rotatable bonds is 4. The summed E-state index contributed by atoms with van der Waals surface area (Å²) in [6, 6.07) is 8.16. The molecule has 0 saturated carbocycles. The molecule has 0 radical (unpaired) electrons. The largest absolute Gasteiger partial charge is 0.468 e. The molecule has 3 heteroatoms. The van der Waals surface area contributed by atoms with E-state index < -0.39 is 6.04 Å². The SMILES string of the molecule is C=CC(NC1CCCc2ccccc21)C(=O)OC. The highest BCUT2D eigenvalue weighted by atomic mass is 16.5. The summed E-state index contributed by atoms with van der Waals surface area (Å²) in [5, 5.41) is 3.32. The summed E-state index contributed by atoms with van der Waals surface area (Å²) in [5.41, 5.74) is 2.66. The highest BCUT2D eigenvalue weighted by Crippen LogP contribution is 2.29. The van der Waals surface area contributed by atoms with Crippen LogP contribution in [-0.4, -0.2) is 19.1 Å². The van der Waals surface area contributed by atoms with Gasteiger partial charge in [0.2, 0.25) is 0 Å². The lowest BCUT2D eigenvalue weighted by Crippen LogP contribution is -2.39. The minimum atomic E-state index is -0.439.